The Morgan fingerprint density at radius 2 is 2.31 bits per heavy atom. The van der Waals surface area contributed by atoms with Crippen molar-refractivity contribution < 1.29 is 9.53 Å². The molecule has 1 heterocycles. The summed E-state index contributed by atoms with van der Waals surface area (Å²) >= 11 is 0. The molecule has 1 amide bonds. The minimum Gasteiger partial charge on any atom is -0.478 e. The zero-order valence-corrected chi connectivity index (χ0v) is 9.94. The Morgan fingerprint density at radius 3 is 2.81 bits per heavy atom. The van der Waals surface area contributed by atoms with Gasteiger partial charge in [-0.15, -0.1) is 0 Å². The fourth-order valence-electron chi connectivity index (χ4n) is 1.13. The third kappa shape index (κ3) is 2.39. The molecule has 1 N–H and O–H groups in total. The summed E-state index contributed by atoms with van der Waals surface area (Å²) in [6, 6.07) is 0. The minimum absolute atomic E-state index is 0.170. The Kier molecular flexibility index (Phi) is 4.04. The molecule has 0 saturated carbocycles. The lowest BCUT2D eigenvalue weighted by molar-refractivity contribution is 0.0795. The van der Waals surface area contributed by atoms with E-state index in [1.165, 1.54) is 13.3 Å². The molecule has 0 radical (unpaired) electrons. The first-order valence-corrected chi connectivity index (χ1v) is 4.98. The van der Waals surface area contributed by atoms with E-state index in [1.54, 1.807) is 19.0 Å². The summed E-state index contributed by atoms with van der Waals surface area (Å²) in [5.74, 6) is 0.659. The second kappa shape index (κ2) is 5.29. The maximum absolute atomic E-state index is 11.8. The summed E-state index contributed by atoms with van der Waals surface area (Å²) in [7, 11) is 4.91. The fourth-order valence-corrected chi connectivity index (χ4v) is 1.13. The van der Waals surface area contributed by atoms with Gasteiger partial charge in [0.2, 0.25) is 0 Å². The maximum Gasteiger partial charge on any atom is 0.273 e. The summed E-state index contributed by atoms with van der Waals surface area (Å²) < 4.78 is 5.03. The molecule has 0 aliphatic rings. The average Bonchev–Trinajstić information content (AvgIpc) is 2.35. The molecule has 1 aromatic rings. The van der Waals surface area contributed by atoms with Crippen LogP contribution in [0.4, 0.5) is 5.82 Å². The quantitative estimate of drug-likeness (QED) is 0.812. The van der Waals surface area contributed by atoms with Crippen molar-refractivity contribution in [2.24, 2.45) is 0 Å². The van der Waals surface area contributed by atoms with E-state index in [0.29, 0.717) is 18.2 Å². The number of carbonyl (C=O) groups excluding carboxylic acids is 1. The van der Waals surface area contributed by atoms with Gasteiger partial charge in [0.05, 0.1) is 13.3 Å². The lowest BCUT2D eigenvalue weighted by atomic mass is 10.4. The van der Waals surface area contributed by atoms with Gasteiger partial charge in [0.1, 0.15) is 0 Å². The molecular formula is C10H16N4O2. The van der Waals surface area contributed by atoms with E-state index < -0.39 is 0 Å². The Bertz CT molecular complexity index is 381. The number of aromatic nitrogens is 2. The lowest BCUT2D eigenvalue weighted by Gasteiger charge is -2.14. The van der Waals surface area contributed by atoms with Gasteiger partial charge in [-0.2, -0.15) is 0 Å². The molecule has 6 nitrogen and oxygen atoms in total. The Labute approximate surface area is 94.6 Å². The molecule has 0 unspecified atom stereocenters. The van der Waals surface area contributed by atoms with E-state index in [1.807, 2.05) is 6.92 Å². The van der Waals surface area contributed by atoms with Crippen LogP contribution in [0.2, 0.25) is 0 Å². The van der Waals surface area contributed by atoms with Crippen LogP contribution >= 0.6 is 0 Å². The molecule has 0 aliphatic heterocycles. The van der Waals surface area contributed by atoms with Gasteiger partial charge in [-0.3, -0.25) is 4.79 Å². The van der Waals surface area contributed by atoms with Crippen molar-refractivity contribution >= 4 is 11.7 Å². The van der Waals surface area contributed by atoms with E-state index >= 15 is 0 Å². The SMILES string of the molecule is CCN(C)C(=O)c1cnc(NC)c(OC)n1. The molecule has 6 heteroatoms. The van der Waals surface area contributed by atoms with Gasteiger partial charge in [0, 0.05) is 20.6 Å². The smallest absolute Gasteiger partial charge is 0.273 e. The molecule has 1 rings (SSSR count). The highest BCUT2D eigenvalue weighted by atomic mass is 16.5. The van der Waals surface area contributed by atoms with Crippen LogP contribution < -0.4 is 10.1 Å². The number of hydrogen-bond donors (Lipinski definition) is 1. The van der Waals surface area contributed by atoms with E-state index in [9.17, 15) is 4.79 Å². The normalized spacial score (nSPS) is 9.75. The van der Waals surface area contributed by atoms with Crippen LogP contribution in [0.15, 0.2) is 6.20 Å². The molecule has 0 fully saturated rings. The average molecular weight is 224 g/mol. The molecule has 0 aliphatic carbocycles. The predicted octanol–water partition coefficient (Wildman–Crippen LogP) is 0.619. The summed E-state index contributed by atoms with van der Waals surface area (Å²) in [5.41, 5.74) is 0.278. The number of nitrogens with one attached hydrogen (secondary N) is 1. The lowest BCUT2D eigenvalue weighted by Crippen LogP contribution is -2.27. The van der Waals surface area contributed by atoms with E-state index in [-0.39, 0.29) is 11.6 Å². The number of anilines is 1. The predicted molar refractivity (Wildman–Crippen MR) is 60.8 cm³/mol. The molecule has 0 bridgehead atoms. The first-order chi connectivity index (χ1) is 7.63. The number of hydrogen-bond acceptors (Lipinski definition) is 5. The highest BCUT2D eigenvalue weighted by molar-refractivity contribution is 5.92. The summed E-state index contributed by atoms with van der Waals surface area (Å²) in [5, 5.41) is 2.83. The van der Waals surface area contributed by atoms with Crippen LogP contribution in [0.25, 0.3) is 0 Å². The van der Waals surface area contributed by atoms with Crippen molar-refractivity contribution in [3.63, 3.8) is 0 Å². The molecule has 0 spiro atoms. The zero-order valence-electron chi connectivity index (χ0n) is 9.94. The number of methoxy groups -OCH3 is 1. The van der Waals surface area contributed by atoms with Crippen LogP contribution in [-0.4, -0.2) is 48.5 Å². The van der Waals surface area contributed by atoms with Crippen molar-refractivity contribution in [3.05, 3.63) is 11.9 Å². The van der Waals surface area contributed by atoms with Crippen LogP contribution in [0.1, 0.15) is 17.4 Å². The molecule has 16 heavy (non-hydrogen) atoms. The Balaban J connectivity index is 3.03. The molecule has 1 aromatic heterocycles. The van der Waals surface area contributed by atoms with Crippen LogP contribution in [0.3, 0.4) is 0 Å². The number of nitrogens with zero attached hydrogens (tertiary/aromatic N) is 3. The molecule has 0 atom stereocenters. The van der Waals surface area contributed by atoms with Crippen molar-refractivity contribution in [2.45, 2.75) is 6.92 Å². The first-order valence-electron chi connectivity index (χ1n) is 4.98. The van der Waals surface area contributed by atoms with E-state index in [4.69, 9.17) is 4.74 Å². The maximum atomic E-state index is 11.8. The summed E-state index contributed by atoms with van der Waals surface area (Å²) in [4.78, 5) is 21.5. The third-order valence-corrected chi connectivity index (χ3v) is 2.21. The molecule has 88 valence electrons. The monoisotopic (exact) mass is 224 g/mol. The van der Waals surface area contributed by atoms with Crippen molar-refractivity contribution in [1.82, 2.24) is 14.9 Å². The molecule has 0 saturated heterocycles. The van der Waals surface area contributed by atoms with Crippen molar-refractivity contribution in [1.29, 1.82) is 0 Å². The van der Waals surface area contributed by atoms with Gasteiger partial charge in [0.25, 0.3) is 11.8 Å². The first kappa shape index (κ1) is 12.2. The largest absolute Gasteiger partial charge is 0.478 e. The second-order valence-corrected chi connectivity index (χ2v) is 3.18. The second-order valence-electron chi connectivity index (χ2n) is 3.18. The van der Waals surface area contributed by atoms with E-state index in [2.05, 4.69) is 15.3 Å². The number of carbonyl (C=O) groups is 1. The van der Waals surface area contributed by atoms with Crippen LogP contribution in [0.5, 0.6) is 5.88 Å². The molecular weight excluding hydrogens is 208 g/mol. The zero-order chi connectivity index (χ0) is 12.1. The topological polar surface area (TPSA) is 67.4 Å². The summed E-state index contributed by atoms with van der Waals surface area (Å²) in [6.45, 7) is 2.52. The van der Waals surface area contributed by atoms with Crippen LogP contribution in [-0.2, 0) is 0 Å². The summed E-state index contributed by atoms with van der Waals surface area (Å²) in [6.07, 6.45) is 1.43. The Hall–Kier alpha value is -1.85. The number of rotatable bonds is 4. The number of amides is 1. The third-order valence-electron chi connectivity index (χ3n) is 2.21. The van der Waals surface area contributed by atoms with E-state index in [0.717, 1.165) is 0 Å². The van der Waals surface area contributed by atoms with Crippen molar-refractivity contribution in [2.75, 3.05) is 33.1 Å². The van der Waals surface area contributed by atoms with Crippen molar-refractivity contribution in [3.8, 4) is 5.88 Å². The minimum atomic E-state index is -0.170. The van der Waals surface area contributed by atoms with Gasteiger partial charge < -0.3 is 15.0 Å². The standard InChI is InChI=1S/C10H16N4O2/c1-5-14(3)10(15)7-6-12-8(11-2)9(13-7)16-4/h6H,5H2,1-4H3,(H,11,12). The highest BCUT2D eigenvalue weighted by Gasteiger charge is 2.15. The van der Waals surface area contributed by atoms with Gasteiger partial charge in [-0.25, -0.2) is 9.97 Å². The van der Waals surface area contributed by atoms with Gasteiger partial charge >= 0.3 is 0 Å². The Morgan fingerprint density at radius 1 is 1.62 bits per heavy atom. The van der Waals surface area contributed by atoms with Crippen LogP contribution in [0, 0.1) is 0 Å². The van der Waals surface area contributed by atoms with Gasteiger partial charge in [0.15, 0.2) is 11.5 Å². The fraction of sp³-hybridized carbons (Fsp3) is 0.500. The highest BCUT2D eigenvalue weighted by Crippen LogP contribution is 2.17. The van der Waals surface area contributed by atoms with Gasteiger partial charge in [-0.1, -0.05) is 0 Å². The van der Waals surface area contributed by atoms with Gasteiger partial charge in [-0.05, 0) is 6.92 Å². The molecule has 0 aromatic carbocycles. The number of ether oxygens (including phenoxy) is 1.